The van der Waals surface area contributed by atoms with Crippen LogP contribution in [0.1, 0.15) is 0 Å². The van der Waals surface area contributed by atoms with Crippen LogP contribution in [0.2, 0.25) is 0 Å². The average molecular weight is 655 g/mol. The lowest BCUT2D eigenvalue weighted by molar-refractivity contribution is 1.13. The van der Waals surface area contributed by atoms with Crippen molar-refractivity contribution in [1.29, 1.82) is 0 Å². The van der Waals surface area contributed by atoms with Crippen molar-refractivity contribution < 1.29 is 0 Å². The molecule has 0 unspecified atom stereocenters. The summed E-state index contributed by atoms with van der Waals surface area (Å²) in [4.78, 5) is 27.7. The number of benzene rings is 3. The van der Waals surface area contributed by atoms with Gasteiger partial charge >= 0.3 is 0 Å². The third-order valence-corrected chi connectivity index (χ3v) is 11.8. The summed E-state index contributed by atoms with van der Waals surface area (Å²) in [5.41, 5.74) is 8.16. The van der Waals surface area contributed by atoms with Crippen LogP contribution in [-0.2, 0) is 0 Å². The highest BCUT2D eigenvalue weighted by atomic mass is 32.1. The number of rotatable bonds is 6. The number of hydrogen-bond acceptors (Lipinski definition) is 13. The Balaban J connectivity index is 1.10. The second kappa shape index (κ2) is 10.4. The topological polar surface area (TPSA) is 83.8 Å². The van der Waals surface area contributed by atoms with Crippen LogP contribution in [0.25, 0.3) is 72.6 Å². The van der Waals surface area contributed by atoms with E-state index in [9.17, 15) is 0 Å². The van der Waals surface area contributed by atoms with Gasteiger partial charge in [0.25, 0.3) is 0 Å². The van der Waals surface area contributed by atoms with Crippen molar-refractivity contribution in [2.75, 3.05) is 38.0 Å². The Hall–Kier alpha value is -3.88. The van der Waals surface area contributed by atoms with Gasteiger partial charge in [0.15, 0.2) is 19.3 Å². The van der Waals surface area contributed by atoms with Crippen LogP contribution in [0.5, 0.6) is 0 Å². The molecule has 0 aliphatic heterocycles. The molecule has 0 fully saturated rings. The van der Waals surface area contributed by atoms with Crippen molar-refractivity contribution in [2.45, 2.75) is 0 Å². The van der Waals surface area contributed by atoms with Crippen LogP contribution in [0, 0.1) is 0 Å². The Morgan fingerprint density at radius 3 is 1.16 bits per heavy atom. The Morgan fingerprint density at radius 1 is 0.442 bits per heavy atom. The highest BCUT2D eigenvalue weighted by Crippen LogP contribution is 2.43. The average Bonchev–Trinajstić information content (AvgIpc) is 3.82. The minimum absolute atomic E-state index is 0.844. The molecule has 0 atom stereocenters. The lowest BCUT2D eigenvalue weighted by Crippen LogP contribution is -2.07. The SMILES string of the molecule is CN(C)c1ccc(-c2nc3sc(-c4ccc(-c5nc6sc(-c7ccc(N(C)C)cc7)nc6s5)c5nsnc45)nc3s2)cc1. The van der Waals surface area contributed by atoms with E-state index < -0.39 is 0 Å². The summed E-state index contributed by atoms with van der Waals surface area (Å²) in [6.07, 6.45) is 0. The molecule has 0 aliphatic carbocycles. The second-order valence-electron chi connectivity index (χ2n) is 10.3. The van der Waals surface area contributed by atoms with E-state index in [1.165, 1.54) is 11.7 Å². The molecule has 0 saturated carbocycles. The van der Waals surface area contributed by atoms with E-state index in [0.717, 1.165) is 84.0 Å². The first-order valence-corrected chi connectivity index (χ1v) is 17.3. The van der Waals surface area contributed by atoms with E-state index in [-0.39, 0.29) is 0 Å². The van der Waals surface area contributed by atoms with Crippen molar-refractivity contribution in [3.63, 3.8) is 0 Å². The maximum absolute atomic E-state index is 4.97. The van der Waals surface area contributed by atoms with Gasteiger partial charge < -0.3 is 9.80 Å². The molecule has 0 aliphatic rings. The van der Waals surface area contributed by atoms with E-state index in [0.29, 0.717) is 0 Å². The second-order valence-corrected chi connectivity index (χ2v) is 14.7. The van der Waals surface area contributed by atoms with Gasteiger partial charge in [-0.25, -0.2) is 19.9 Å². The molecule has 212 valence electrons. The molecule has 0 bridgehead atoms. The molecular weight excluding hydrogens is 633 g/mol. The first-order chi connectivity index (χ1) is 20.9. The molecule has 0 N–H and O–H groups in total. The van der Waals surface area contributed by atoms with Crippen LogP contribution < -0.4 is 9.80 Å². The molecule has 43 heavy (non-hydrogen) atoms. The molecule has 0 radical (unpaired) electrons. The Bertz CT molecular complexity index is 2030. The number of nitrogens with zero attached hydrogens (tertiary/aromatic N) is 8. The maximum Gasteiger partial charge on any atom is 0.155 e. The van der Waals surface area contributed by atoms with Crippen molar-refractivity contribution in [3.05, 3.63) is 60.7 Å². The van der Waals surface area contributed by atoms with E-state index in [4.69, 9.17) is 19.9 Å². The molecule has 8 nitrogen and oxygen atoms in total. The molecule has 5 aromatic heterocycles. The fourth-order valence-electron chi connectivity index (χ4n) is 4.78. The summed E-state index contributed by atoms with van der Waals surface area (Å²) >= 11 is 7.64. The zero-order chi connectivity index (χ0) is 29.2. The van der Waals surface area contributed by atoms with Gasteiger partial charge in [0.1, 0.15) is 31.1 Å². The maximum atomic E-state index is 4.97. The van der Waals surface area contributed by atoms with Gasteiger partial charge in [0, 0.05) is 61.8 Å². The summed E-state index contributed by atoms with van der Waals surface area (Å²) in [5.74, 6) is 0. The quantitative estimate of drug-likeness (QED) is 0.176. The third-order valence-electron chi connectivity index (χ3n) is 7.09. The Kier molecular flexibility index (Phi) is 6.45. The molecule has 3 aromatic carbocycles. The number of anilines is 2. The minimum atomic E-state index is 0.844. The molecule has 0 amide bonds. The fourth-order valence-corrected chi connectivity index (χ4v) is 9.50. The summed E-state index contributed by atoms with van der Waals surface area (Å²) in [6, 6.07) is 21.1. The van der Waals surface area contributed by atoms with Gasteiger partial charge in [-0.15, -0.1) is 0 Å². The molecule has 8 aromatic rings. The van der Waals surface area contributed by atoms with Crippen LogP contribution in [0.4, 0.5) is 11.4 Å². The van der Waals surface area contributed by atoms with Gasteiger partial charge in [-0.2, -0.15) is 8.75 Å². The summed E-state index contributed by atoms with van der Waals surface area (Å²) in [5, 5.41) is 3.76. The lowest BCUT2D eigenvalue weighted by Gasteiger charge is -2.11. The van der Waals surface area contributed by atoms with E-state index in [2.05, 4.69) is 79.2 Å². The summed E-state index contributed by atoms with van der Waals surface area (Å²) < 4.78 is 9.35. The normalized spacial score (nSPS) is 11.7. The first kappa shape index (κ1) is 26.7. The highest BCUT2D eigenvalue weighted by molar-refractivity contribution is 7.30. The van der Waals surface area contributed by atoms with Crippen LogP contribution in [-0.4, -0.2) is 56.9 Å². The fraction of sp³-hybridized carbons (Fsp3) is 0.133. The zero-order valence-corrected chi connectivity index (χ0v) is 27.5. The number of fused-ring (bicyclic) bond motifs is 3. The van der Waals surface area contributed by atoms with E-state index in [1.807, 2.05) is 28.2 Å². The monoisotopic (exact) mass is 654 g/mol. The smallest absolute Gasteiger partial charge is 0.155 e. The van der Waals surface area contributed by atoms with Crippen molar-refractivity contribution in [3.8, 4) is 42.3 Å². The molecule has 0 spiro atoms. The van der Waals surface area contributed by atoms with Crippen LogP contribution >= 0.6 is 57.1 Å². The van der Waals surface area contributed by atoms with Crippen molar-refractivity contribution >= 4 is 98.8 Å². The molecular formula is C30H22N8S5. The van der Waals surface area contributed by atoms with Gasteiger partial charge in [-0.05, 0) is 60.7 Å². The molecule has 0 saturated heterocycles. The largest absolute Gasteiger partial charge is 0.378 e. The highest BCUT2D eigenvalue weighted by Gasteiger charge is 2.21. The van der Waals surface area contributed by atoms with E-state index in [1.54, 1.807) is 45.3 Å². The predicted molar refractivity (Wildman–Crippen MR) is 186 cm³/mol. The van der Waals surface area contributed by atoms with Gasteiger partial charge in [0.2, 0.25) is 0 Å². The van der Waals surface area contributed by atoms with E-state index >= 15 is 0 Å². The molecule has 13 heteroatoms. The van der Waals surface area contributed by atoms with Crippen LogP contribution in [0.3, 0.4) is 0 Å². The van der Waals surface area contributed by atoms with Gasteiger partial charge in [0.05, 0.1) is 11.7 Å². The van der Waals surface area contributed by atoms with Gasteiger partial charge in [-0.1, -0.05) is 45.3 Å². The van der Waals surface area contributed by atoms with Crippen molar-refractivity contribution in [2.24, 2.45) is 0 Å². The first-order valence-electron chi connectivity index (χ1n) is 13.3. The standard InChI is InChI=1S/C30H22N8S5/c1-37(2)17-9-5-15(6-10-17)23-31-27-29(39-23)33-25(41-27)19-13-14-20(22-21(19)35-43-36-22)26-34-30-28(42-26)32-24(40-30)16-7-11-18(12-8-16)38(3)4/h5-14H,1-4H3. The predicted octanol–water partition coefficient (Wildman–Crippen LogP) is 8.62. The summed E-state index contributed by atoms with van der Waals surface area (Å²) in [7, 11) is 8.17. The van der Waals surface area contributed by atoms with Gasteiger partial charge in [-0.3, -0.25) is 0 Å². The Morgan fingerprint density at radius 2 is 0.791 bits per heavy atom. The molecule has 8 rings (SSSR count). The number of aromatic nitrogens is 6. The van der Waals surface area contributed by atoms with Crippen LogP contribution in [0.15, 0.2) is 60.7 Å². The van der Waals surface area contributed by atoms with Crippen molar-refractivity contribution in [1.82, 2.24) is 28.7 Å². The number of thiazole rings is 4. The minimum Gasteiger partial charge on any atom is -0.378 e. The third kappa shape index (κ3) is 4.68. The number of hydrogen-bond donors (Lipinski definition) is 0. The zero-order valence-electron chi connectivity index (χ0n) is 23.4. The molecule has 5 heterocycles. The lowest BCUT2D eigenvalue weighted by atomic mass is 10.1. The Labute approximate surface area is 266 Å². The summed E-state index contributed by atoms with van der Waals surface area (Å²) in [6.45, 7) is 0.